The molecular weight excluding hydrogens is 348 g/mol. The molecule has 1 aliphatic heterocycles. The Morgan fingerprint density at radius 3 is 2.39 bits per heavy atom. The van der Waals surface area contributed by atoms with E-state index in [9.17, 15) is 4.79 Å². The Morgan fingerprint density at radius 2 is 1.79 bits per heavy atom. The van der Waals surface area contributed by atoms with Gasteiger partial charge in [0, 0.05) is 12.1 Å². The molecule has 0 aliphatic carbocycles. The van der Waals surface area contributed by atoms with Crippen LogP contribution in [0.4, 0.5) is 0 Å². The molecule has 1 N–H and O–H groups in total. The van der Waals surface area contributed by atoms with Crippen LogP contribution in [0.3, 0.4) is 0 Å². The lowest BCUT2D eigenvalue weighted by molar-refractivity contribution is 0.0937. The molecule has 2 aromatic carbocycles. The van der Waals surface area contributed by atoms with Crippen molar-refractivity contribution in [1.29, 1.82) is 0 Å². The average molecular weight is 381 g/mol. The molecule has 1 heterocycles. The van der Waals surface area contributed by atoms with Crippen molar-refractivity contribution < 1.29 is 9.53 Å². The highest BCUT2D eigenvalue weighted by Crippen LogP contribution is 2.28. The summed E-state index contributed by atoms with van der Waals surface area (Å²) in [6.07, 6.45) is 2.45. The molecule has 0 saturated carbocycles. The smallest absolute Gasteiger partial charge is 0.251 e. The van der Waals surface area contributed by atoms with Gasteiger partial charge in [0.05, 0.1) is 13.2 Å². The zero-order valence-corrected chi connectivity index (χ0v) is 17.5. The van der Waals surface area contributed by atoms with E-state index in [4.69, 9.17) is 4.74 Å². The van der Waals surface area contributed by atoms with Crippen LogP contribution in [-0.4, -0.2) is 37.6 Å². The van der Waals surface area contributed by atoms with E-state index < -0.39 is 0 Å². The van der Waals surface area contributed by atoms with Crippen molar-refractivity contribution >= 4 is 5.91 Å². The molecule has 1 saturated heterocycles. The van der Waals surface area contributed by atoms with E-state index in [1.807, 2.05) is 18.2 Å². The predicted molar refractivity (Wildman–Crippen MR) is 114 cm³/mol. The first-order valence-corrected chi connectivity index (χ1v) is 10.2. The Morgan fingerprint density at radius 1 is 1.11 bits per heavy atom. The van der Waals surface area contributed by atoms with E-state index in [0.29, 0.717) is 17.9 Å². The molecule has 0 bridgehead atoms. The third-order valence-electron chi connectivity index (χ3n) is 5.53. The van der Waals surface area contributed by atoms with Gasteiger partial charge in [0.1, 0.15) is 5.75 Å². The van der Waals surface area contributed by atoms with Gasteiger partial charge in [-0.25, -0.2) is 0 Å². The van der Waals surface area contributed by atoms with Crippen molar-refractivity contribution in [2.24, 2.45) is 0 Å². The van der Waals surface area contributed by atoms with Crippen LogP contribution in [0, 0.1) is 0 Å². The van der Waals surface area contributed by atoms with Gasteiger partial charge in [-0.05, 0) is 60.7 Å². The summed E-state index contributed by atoms with van der Waals surface area (Å²) in [7, 11) is 1.61. The fourth-order valence-electron chi connectivity index (χ4n) is 3.77. The number of rotatable bonds is 6. The topological polar surface area (TPSA) is 41.6 Å². The molecule has 150 valence electrons. The lowest BCUT2D eigenvalue weighted by atomic mass is 9.86. The monoisotopic (exact) mass is 380 g/mol. The number of carbonyl (C=O) groups is 1. The molecule has 3 rings (SSSR count). The van der Waals surface area contributed by atoms with Gasteiger partial charge in [0.15, 0.2) is 0 Å². The summed E-state index contributed by atoms with van der Waals surface area (Å²) in [4.78, 5) is 15.1. The van der Waals surface area contributed by atoms with Crippen LogP contribution >= 0.6 is 0 Å². The fourth-order valence-corrected chi connectivity index (χ4v) is 3.77. The number of nitrogens with zero attached hydrogens (tertiary/aromatic N) is 1. The average Bonchev–Trinajstić information content (AvgIpc) is 3.22. The molecule has 28 heavy (non-hydrogen) atoms. The molecular formula is C24H32N2O2. The predicted octanol–water partition coefficient (Wildman–Crippen LogP) is 4.56. The number of amides is 1. The minimum absolute atomic E-state index is 0.0607. The first-order chi connectivity index (χ1) is 13.4. The zero-order chi connectivity index (χ0) is 20.1. The summed E-state index contributed by atoms with van der Waals surface area (Å²) in [6.45, 7) is 9.46. The number of hydrogen-bond acceptors (Lipinski definition) is 3. The Bertz CT molecular complexity index is 787. The third-order valence-corrected chi connectivity index (χ3v) is 5.53. The molecule has 4 heteroatoms. The zero-order valence-electron chi connectivity index (χ0n) is 17.5. The van der Waals surface area contributed by atoms with E-state index in [0.717, 1.165) is 13.1 Å². The Kier molecular flexibility index (Phi) is 6.40. The van der Waals surface area contributed by atoms with Crippen molar-refractivity contribution in [3.05, 3.63) is 65.2 Å². The summed E-state index contributed by atoms with van der Waals surface area (Å²) in [5.74, 6) is 0.635. The minimum Gasteiger partial charge on any atom is -0.497 e. The second-order valence-electron chi connectivity index (χ2n) is 8.57. The van der Waals surface area contributed by atoms with Crippen LogP contribution in [0.5, 0.6) is 5.75 Å². The van der Waals surface area contributed by atoms with Crippen molar-refractivity contribution in [3.8, 4) is 5.75 Å². The Balaban J connectivity index is 1.74. The quantitative estimate of drug-likeness (QED) is 0.799. The number of likely N-dealkylation sites (tertiary alicyclic amines) is 1. The molecule has 2 aromatic rings. The maximum atomic E-state index is 12.7. The lowest BCUT2D eigenvalue weighted by Crippen LogP contribution is -2.36. The SMILES string of the molecule is COc1cccc(C(=O)NCC(c2ccc(C(C)(C)C)cc2)N2CCCC2)c1. The molecule has 1 unspecified atom stereocenters. The van der Waals surface area contributed by atoms with Crippen LogP contribution in [-0.2, 0) is 5.41 Å². The van der Waals surface area contributed by atoms with Gasteiger partial charge >= 0.3 is 0 Å². The molecule has 0 spiro atoms. The summed E-state index contributed by atoms with van der Waals surface area (Å²) in [6, 6.07) is 16.4. The maximum absolute atomic E-state index is 12.7. The van der Waals surface area contributed by atoms with Gasteiger partial charge in [0.2, 0.25) is 0 Å². The van der Waals surface area contributed by atoms with Gasteiger partial charge in [-0.2, -0.15) is 0 Å². The summed E-state index contributed by atoms with van der Waals surface area (Å²) < 4.78 is 5.23. The van der Waals surface area contributed by atoms with Crippen LogP contribution in [0.15, 0.2) is 48.5 Å². The summed E-state index contributed by atoms with van der Waals surface area (Å²) >= 11 is 0. The van der Waals surface area contributed by atoms with Gasteiger partial charge in [-0.1, -0.05) is 51.1 Å². The molecule has 0 aromatic heterocycles. The van der Waals surface area contributed by atoms with Crippen molar-refractivity contribution in [3.63, 3.8) is 0 Å². The second kappa shape index (κ2) is 8.78. The number of ether oxygens (including phenoxy) is 1. The normalized spacial score (nSPS) is 16.0. The maximum Gasteiger partial charge on any atom is 0.251 e. The van der Waals surface area contributed by atoms with E-state index in [1.54, 1.807) is 13.2 Å². The van der Waals surface area contributed by atoms with Crippen molar-refractivity contribution in [2.45, 2.75) is 45.1 Å². The molecule has 4 nitrogen and oxygen atoms in total. The standard InChI is InChI=1S/C24H32N2O2/c1-24(2,3)20-12-10-18(11-13-20)22(26-14-5-6-15-26)17-25-23(27)19-8-7-9-21(16-19)28-4/h7-13,16,22H,5-6,14-15,17H2,1-4H3,(H,25,27). The molecule has 0 radical (unpaired) electrons. The van der Waals surface area contributed by atoms with E-state index in [-0.39, 0.29) is 17.4 Å². The number of carbonyl (C=O) groups excluding carboxylic acids is 1. The Labute approximate surface area is 168 Å². The largest absolute Gasteiger partial charge is 0.497 e. The Hall–Kier alpha value is -2.33. The number of nitrogens with one attached hydrogen (secondary N) is 1. The fraction of sp³-hybridized carbons (Fsp3) is 0.458. The molecule has 1 aliphatic rings. The van der Waals surface area contributed by atoms with E-state index >= 15 is 0 Å². The van der Waals surface area contributed by atoms with E-state index in [2.05, 4.69) is 55.3 Å². The summed E-state index contributed by atoms with van der Waals surface area (Å²) in [5.41, 5.74) is 3.36. The van der Waals surface area contributed by atoms with Gasteiger partial charge in [-0.3, -0.25) is 9.69 Å². The highest BCUT2D eigenvalue weighted by atomic mass is 16.5. The van der Waals surface area contributed by atoms with Crippen LogP contribution in [0.1, 0.15) is 61.1 Å². The van der Waals surface area contributed by atoms with Gasteiger partial charge in [-0.15, -0.1) is 0 Å². The lowest BCUT2D eigenvalue weighted by Gasteiger charge is -2.29. The summed E-state index contributed by atoms with van der Waals surface area (Å²) in [5, 5.41) is 3.13. The van der Waals surface area contributed by atoms with Gasteiger partial charge in [0.25, 0.3) is 5.91 Å². The van der Waals surface area contributed by atoms with Crippen LogP contribution < -0.4 is 10.1 Å². The van der Waals surface area contributed by atoms with Gasteiger partial charge < -0.3 is 10.1 Å². The van der Waals surface area contributed by atoms with Crippen molar-refractivity contribution in [1.82, 2.24) is 10.2 Å². The van der Waals surface area contributed by atoms with Crippen LogP contribution in [0.25, 0.3) is 0 Å². The van der Waals surface area contributed by atoms with E-state index in [1.165, 1.54) is 24.0 Å². The number of hydrogen-bond donors (Lipinski definition) is 1. The highest BCUT2D eigenvalue weighted by Gasteiger charge is 2.25. The molecule has 1 fully saturated rings. The minimum atomic E-state index is -0.0607. The number of methoxy groups -OCH3 is 1. The third kappa shape index (κ3) is 4.93. The highest BCUT2D eigenvalue weighted by molar-refractivity contribution is 5.94. The number of benzene rings is 2. The molecule has 1 atom stereocenters. The molecule has 1 amide bonds. The second-order valence-corrected chi connectivity index (χ2v) is 8.57. The first kappa shape index (κ1) is 20.4. The van der Waals surface area contributed by atoms with Crippen LogP contribution in [0.2, 0.25) is 0 Å². The first-order valence-electron chi connectivity index (χ1n) is 10.2. The van der Waals surface area contributed by atoms with Crippen molar-refractivity contribution in [2.75, 3.05) is 26.7 Å².